The molecule has 0 aromatic heterocycles. The Kier molecular flexibility index (Phi) is 6.88. The van der Waals surface area contributed by atoms with E-state index in [1.807, 2.05) is 60.7 Å². The van der Waals surface area contributed by atoms with Crippen molar-refractivity contribution in [1.29, 1.82) is 0 Å². The number of imide groups is 1. The van der Waals surface area contributed by atoms with Crippen LogP contribution in [0.4, 0.5) is 4.79 Å². The number of urea groups is 1. The van der Waals surface area contributed by atoms with Crippen molar-refractivity contribution < 1.29 is 19.4 Å². The lowest BCUT2D eigenvalue weighted by molar-refractivity contribution is -0.132. The second-order valence-corrected chi connectivity index (χ2v) is 8.66. The molecule has 3 aromatic rings. The molecule has 1 fully saturated rings. The number of β-amino-alcohol motifs (C(OH)–C–C–N with tert-alkyl or cyclic N) is 1. The number of benzene rings is 3. The predicted octanol–water partition coefficient (Wildman–Crippen LogP) is 4.42. The molecule has 4 rings (SSSR count). The Bertz CT molecular complexity index is 1140. The lowest BCUT2D eigenvalue weighted by atomic mass is 9.83. The normalized spacial score (nSPS) is 18.8. The molecule has 0 unspecified atom stereocenters. The fraction of sp³-hybridized carbons (Fsp3) is 0.200. The minimum atomic E-state index is -1.27. The molecule has 0 aliphatic carbocycles. The average molecular weight is 485 g/mol. The van der Waals surface area contributed by atoms with Crippen LogP contribution in [0.25, 0.3) is 0 Å². The lowest BCUT2D eigenvalue weighted by Crippen LogP contribution is -2.46. The molecule has 8 heteroatoms. The highest BCUT2D eigenvalue weighted by atomic mass is 35.5. The molecule has 3 aromatic carbocycles. The third kappa shape index (κ3) is 4.98. The minimum absolute atomic E-state index is 0.172. The molecule has 0 radical (unpaired) electrons. The van der Waals surface area contributed by atoms with Crippen LogP contribution < -0.4 is 10.1 Å². The molecule has 1 aliphatic rings. The van der Waals surface area contributed by atoms with Gasteiger partial charge >= 0.3 is 6.03 Å². The second-order valence-electron chi connectivity index (χ2n) is 7.82. The van der Waals surface area contributed by atoms with Crippen LogP contribution in [-0.4, -0.2) is 41.2 Å². The second kappa shape index (κ2) is 9.83. The van der Waals surface area contributed by atoms with Crippen molar-refractivity contribution in [3.63, 3.8) is 0 Å². The zero-order valence-corrected chi connectivity index (χ0v) is 19.1. The zero-order chi connectivity index (χ0) is 23.4. The number of hydrogen-bond acceptors (Lipinski definition) is 4. The highest BCUT2D eigenvalue weighted by molar-refractivity contribution is 6.34. The minimum Gasteiger partial charge on any atom is -0.489 e. The number of carbonyl (C=O) groups excluding carboxylic acids is 2. The van der Waals surface area contributed by atoms with Gasteiger partial charge in [-0.2, -0.15) is 0 Å². The van der Waals surface area contributed by atoms with E-state index in [1.165, 1.54) is 6.07 Å². The summed E-state index contributed by atoms with van der Waals surface area (Å²) in [6.45, 7) is -0.402. The molecule has 1 heterocycles. The number of nitrogens with zero attached hydrogens (tertiary/aromatic N) is 1. The maximum absolute atomic E-state index is 13.6. The van der Waals surface area contributed by atoms with Gasteiger partial charge in [0.1, 0.15) is 18.5 Å². The maximum atomic E-state index is 13.6. The van der Waals surface area contributed by atoms with Gasteiger partial charge in [0.15, 0.2) is 5.54 Å². The summed E-state index contributed by atoms with van der Waals surface area (Å²) in [6.07, 6.45) is -0.845. The molecule has 0 saturated carbocycles. The number of ether oxygens (including phenoxy) is 1. The SMILES string of the molecule is O=C1N[C@](Cc2ccccc2)(c2ccccc2)C(=O)N1C[C@H](O)COc1cc(Cl)ccc1Cl. The Labute approximate surface area is 201 Å². The van der Waals surface area contributed by atoms with Gasteiger partial charge < -0.3 is 15.2 Å². The van der Waals surface area contributed by atoms with E-state index in [-0.39, 0.29) is 19.6 Å². The van der Waals surface area contributed by atoms with Crippen molar-refractivity contribution in [3.05, 3.63) is 100 Å². The van der Waals surface area contributed by atoms with Gasteiger partial charge in [0, 0.05) is 17.5 Å². The highest BCUT2D eigenvalue weighted by Crippen LogP contribution is 2.33. The average Bonchev–Trinajstić information content (AvgIpc) is 3.06. The van der Waals surface area contributed by atoms with E-state index in [9.17, 15) is 14.7 Å². The van der Waals surface area contributed by atoms with Gasteiger partial charge in [0.25, 0.3) is 5.91 Å². The van der Waals surface area contributed by atoms with Crippen molar-refractivity contribution in [2.45, 2.75) is 18.1 Å². The summed E-state index contributed by atoms with van der Waals surface area (Å²) in [7, 11) is 0. The van der Waals surface area contributed by atoms with Crippen LogP contribution in [0.1, 0.15) is 11.1 Å². The molecular weight excluding hydrogens is 463 g/mol. The molecule has 1 saturated heterocycles. The number of rotatable bonds is 8. The number of aliphatic hydroxyl groups excluding tert-OH is 1. The Morgan fingerprint density at radius 3 is 2.33 bits per heavy atom. The van der Waals surface area contributed by atoms with Crippen LogP contribution in [0.2, 0.25) is 10.0 Å². The van der Waals surface area contributed by atoms with Gasteiger partial charge in [-0.05, 0) is 23.3 Å². The highest BCUT2D eigenvalue weighted by Gasteiger charge is 2.52. The summed E-state index contributed by atoms with van der Waals surface area (Å²) in [5.74, 6) is -0.120. The van der Waals surface area contributed by atoms with Crippen LogP contribution in [0.5, 0.6) is 5.75 Å². The Balaban J connectivity index is 1.53. The Hall–Kier alpha value is -3.06. The van der Waals surface area contributed by atoms with Crippen molar-refractivity contribution >= 4 is 35.1 Å². The Morgan fingerprint density at radius 2 is 1.64 bits per heavy atom. The largest absolute Gasteiger partial charge is 0.489 e. The summed E-state index contributed by atoms with van der Waals surface area (Å²) < 4.78 is 5.56. The number of aliphatic hydroxyl groups is 1. The zero-order valence-electron chi connectivity index (χ0n) is 17.6. The quantitative estimate of drug-likeness (QED) is 0.463. The number of nitrogens with one attached hydrogen (secondary N) is 1. The molecule has 2 N–H and O–H groups in total. The summed E-state index contributed by atoms with van der Waals surface area (Å²) in [5, 5.41) is 14.2. The molecule has 6 nitrogen and oxygen atoms in total. The summed E-state index contributed by atoms with van der Waals surface area (Å²) >= 11 is 12.0. The van der Waals surface area contributed by atoms with E-state index in [1.54, 1.807) is 12.1 Å². The van der Waals surface area contributed by atoms with E-state index in [2.05, 4.69) is 5.32 Å². The van der Waals surface area contributed by atoms with Crippen molar-refractivity contribution in [1.82, 2.24) is 10.2 Å². The molecule has 0 bridgehead atoms. The Morgan fingerprint density at radius 1 is 0.970 bits per heavy atom. The van der Waals surface area contributed by atoms with Crippen LogP contribution >= 0.6 is 23.2 Å². The van der Waals surface area contributed by atoms with Crippen molar-refractivity contribution in [2.24, 2.45) is 0 Å². The van der Waals surface area contributed by atoms with Gasteiger partial charge in [-0.1, -0.05) is 83.9 Å². The van der Waals surface area contributed by atoms with Crippen LogP contribution in [0, 0.1) is 0 Å². The third-order valence-corrected chi connectivity index (χ3v) is 6.02. The fourth-order valence-electron chi connectivity index (χ4n) is 3.87. The smallest absolute Gasteiger partial charge is 0.325 e. The van der Waals surface area contributed by atoms with Crippen molar-refractivity contribution in [3.8, 4) is 5.75 Å². The van der Waals surface area contributed by atoms with Crippen LogP contribution in [0.3, 0.4) is 0 Å². The van der Waals surface area contributed by atoms with E-state index in [0.717, 1.165) is 10.5 Å². The topological polar surface area (TPSA) is 78.9 Å². The number of carbonyl (C=O) groups is 2. The first-order chi connectivity index (χ1) is 15.9. The summed E-state index contributed by atoms with van der Waals surface area (Å²) in [4.78, 5) is 27.5. The first kappa shape index (κ1) is 23.1. The van der Waals surface area contributed by atoms with Gasteiger partial charge in [-0.25, -0.2) is 4.79 Å². The maximum Gasteiger partial charge on any atom is 0.325 e. The van der Waals surface area contributed by atoms with E-state index in [4.69, 9.17) is 27.9 Å². The molecule has 0 spiro atoms. The standard InChI is InChI=1S/C25H22Cl2N2O4/c26-19-11-12-21(27)22(13-19)33-16-20(30)15-29-23(31)25(28-24(29)32,18-9-5-2-6-10-18)14-17-7-3-1-4-8-17/h1-13,20,30H,14-16H2,(H,28,32)/t20-,25+/m0/s1. The predicted molar refractivity (Wildman–Crippen MR) is 126 cm³/mol. The fourth-order valence-corrected chi connectivity index (χ4v) is 4.21. The van der Waals surface area contributed by atoms with E-state index >= 15 is 0 Å². The van der Waals surface area contributed by atoms with Crippen molar-refractivity contribution in [2.75, 3.05) is 13.2 Å². The van der Waals surface area contributed by atoms with Crippen LogP contribution in [0.15, 0.2) is 78.9 Å². The number of amides is 3. The lowest BCUT2D eigenvalue weighted by Gasteiger charge is -2.28. The third-order valence-electron chi connectivity index (χ3n) is 5.47. The monoisotopic (exact) mass is 484 g/mol. The number of hydrogen-bond donors (Lipinski definition) is 2. The molecule has 2 atom stereocenters. The molecular formula is C25H22Cl2N2O4. The van der Waals surface area contributed by atoms with Gasteiger partial charge in [-0.15, -0.1) is 0 Å². The molecule has 33 heavy (non-hydrogen) atoms. The number of halogens is 2. The molecule has 170 valence electrons. The summed E-state index contributed by atoms with van der Waals surface area (Å²) in [5.41, 5.74) is 0.304. The van der Waals surface area contributed by atoms with E-state index < -0.39 is 23.6 Å². The summed E-state index contributed by atoms with van der Waals surface area (Å²) in [6, 6.07) is 22.8. The van der Waals surface area contributed by atoms with Gasteiger partial charge in [-0.3, -0.25) is 9.69 Å². The first-order valence-corrected chi connectivity index (χ1v) is 11.1. The molecule has 3 amide bonds. The first-order valence-electron chi connectivity index (χ1n) is 10.4. The van der Waals surface area contributed by atoms with E-state index in [0.29, 0.717) is 21.4 Å². The van der Waals surface area contributed by atoms with Gasteiger partial charge in [0.05, 0.1) is 11.6 Å². The van der Waals surface area contributed by atoms with Crippen LogP contribution in [-0.2, 0) is 16.8 Å². The molecule has 1 aliphatic heterocycles. The van der Waals surface area contributed by atoms with Gasteiger partial charge in [0.2, 0.25) is 0 Å².